The van der Waals surface area contributed by atoms with E-state index in [0.717, 1.165) is 18.6 Å². The van der Waals surface area contributed by atoms with Gasteiger partial charge in [0.1, 0.15) is 5.75 Å². The molecule has 0 aliphatic rings. The van der Waals surface area contributed by atoms with E-state index in [1.165, 1.54) is 11.1 Å². The van der Waals surface area contributed by atoms with Crippen LogP contribution in [-0.2, 0) is 10.8 Å². The average molecular weight is 326 g/mol. The van der Waals surface area contributed by atoms with Gasteiger partial charge in [-0.15, -0.1) is 0 Å². The molecule has 2 rings (SSSR count). The third kappa shape index (κ3) is 3.75. The van der Waals surface area contributed by atoms with Crippen molar-refractivity contribution in [2.45, 2.75) is 65.2 Å². The van der Waals surface area contributed by atoms with E-state index in [-0.39, 0.29) is 16.6 Å². The van der Waals surface area contributed by atoms with E-state index in [4.69, 9.17) is 4.74 Å². The van der Waals surface area contributed by atoms with Crippen LogP contribution in [0, 0.1) is 0 Å². The van der Waals surface area contributed by atoms with Crippen LogP contribution in [0.2, 0.25) is 0 Å². The molecule has 0 bridgehead atoms. The average Bonchev–Trinajstić information content (AvgIpc) is 2.56. The van der Waals surface area contributed by atoms with Crippen LogP contribution in [0.4, 0.5) is 0 Å². The highest BCUT2D eigenvalue weighted by atomic mass is 16.5. The van der Waals surface area contributed by atoms with Gasteiger partial charge in [0.25, 0.3) is 0 Å². The molecule has 2 nitrogen and oxygen atoms in total. The van der Waals surface area contributed by atoms with Crippen molar-refractivity contribution in [1.82, 2.24) is 0 Å². The minimum atomic E-state index is 0.00855. The van der Waals surface area contributed by atoms with Gasteiger partial charge in [-0.3, -0.25) is 0 Å². The fraction of sp³-hybridized carbons (Fsp3) is 0.455. The second-order valence-electron chi connectivity index (χ2n) is 7.76. The number of rotatable bonds is 6. The molecular formula is C22H30O2. The smallest absolute Gasteiger partial charge is 0.169 e. The molecule has 0 saturated heterocycles. The lowest BCUT2D eigenvalue weighted by Crippen LogP contribution is -2.19. The Balaban J connectivity index is 2.56. The van der Waals surface area contributed by atoms with Crippen LogP contribution < -0.4 is 4.74 Å². The van der Waals surface area contributed by atoms with Crippen molar-refractivity contribution in [1.29, 1.82) is 0 Å². The molecule has 2 aromatic carbocycles. The molecule has 24 heavy (non-hydrogen) atoms. The second-order valence-corrected chi connectivity index (χ2v) is 7.76. The van der Waals surface area contributed by atoms with Crippen LogP contribution >= 0.6 is 0 Å². The Kier molecular flexibility index (Phi) is 5.27. The molecule has 0 saturated carbocycles. The summed E-state index contributed by atoms with van der Waals surface area (Å²) in [5.74, 6) is 1.50. The molecule has 130 valence electrons. The molecule has 2 aromatic rings. The van der Waals surface area contributed by atoms with Gasteiger partial charge >= 0.3 is 0 Å². The van der Waals surface area contributed by atoms with Crippen molar-refractivity contribution >= 4 is 0 Å². The summed E-state index contributed by atoms with van der Waals surface area (Å²) in [4.78, 5) is 0. The topological polar surface area (TPSA) is 29.5 Å². The fourth-order valence-electron chi connectivity index (χ4n) is 2.64. The molecule has 0 aliphatic carbocycles. The van der Waals surface area contributed by atoms with E-state index in [1.807, 2.05) is 6.07 Å². The normalized spacial score (nSPS) is 12.2. The van der Waals surface area contributed by atoms with Gasteiger partial charge in [-0.1, -0.05) is 65.8 Å². The highest BCUT2D eigenvalue weighted by Gasteiger charge is 2.26. The summed E-state index contributed by atoms with van der Waals surface area (Å²) >= 11 is 0. The molecule has 0 spiro atoms. The van der Waals surface area contributed by atoms with Crippen LogP contribution in [0.5, 0.6) is 17.2 Å². The zero-order valence-electron chi connectivity index (χ0n) is 15.8. The van der Waals surface area contributed by atoms with Crippen molar-refractivity contribution in [2.24, 2.45) is 0 Å². The molecule has 0 radical (unpaired) electrons. The maximum absolute atomic E-state index is 10.1. The molecule has 0 aromatic heterocycles. The fourth-order valence-corrected chi connectivity index (χ4v) is 2.64. The summed E-state index contributed by atoms with van der Waals surface area (Å²) in [6, 6.07) is 13.7. The number of benzene rings is 2. The molecule has 0 unspecified atom stereocenters. The summed E-state index contributed by atoms with van der Waals surface area (Å²) in [5, 5.41) is 10.1. The highest BCUT2D eigenvalue weighted by molar-refractivity contribution is 5.48. The molecule has 0 aliphatic heterocycles. The molecule has 0 amide bonds. The van der Waals surface area contributed by atoms with Crippen LogP contribution in [0.15, 0.2) is 42.5 Å². The van der Waals surface area contributed by atoms with E-state index < -0.39 is 0 Å². The Bertz CT molecular complexity index is 699. The highest BCUT2D eigenvalue weighted by Crippen LogP contribution is 2.41. The first-order chi connectivity index (χ1) is 11.2. The number of para-hydroxylation sites is 2. The Morgan fingerprint density at radius 1 is 0.833 bits per heavy atom. The standard InChI is InChI=1S/C22H30O2/c1-7-21(3,4)16-13-14-17(22(5,6)8-2)20(15-16)24-19-12-10-9-11-18(19)23/h9-15,23H,7-8H2,1-6H3. The van der Waals surface area contributed by atoms with Gasteiger partial charge in [-0.05, 0) is 47.4 Å². The third-order valence-electron chi connectivity index (χ3n) is 5.35. The van der Waals surface area contributed by atoms with Crippen LogP contribution in [0.1, 0.15) is 65.5 Å². The predicted octanol–water partition coefficient (Wildman–Crippen LogP) is 6.56. The number of hydrogen-bond acceptors (Lipinski definition) is 2. The predicted molar refractivity (Wildman–Crippen MR) is 101 cm³/mol. The maximum Gasteiger partial charge on any atom is 0.169 e. The van der Waals surface area contributed by atoms with E-state index >= 15 is 0 Å². The van der Waals surface area contributed by atoms with Crippen LogP contribution in [0.25, 0.3) is 0 Å². The maximum atomic E-state index is 10.1. The van der Waals surface area contributed by atoms with Crippen molar-refractivity contribution in [3.63, 3.8) is 0 Å². The zero-order valence-corrected chi connectivity index (χ0v) is 15.8. The molecular weight excluding hydrogens is 296 g/mol. The number of phenolic OH excluding ortho intramolecular Hbond substituents is 1. The van der Waals surface area contributed by atoms with Gasteiger partial charge in [-0.25, -0.2) is 0 Å². The minimum absolute atomic E-state index is 0.00855. The molecule has 0 heterocycles. The summed E-state index contributed by atoms with van der Waals surface area (Å²) in [6.45, 7) is 13.3. The van der Waals surface area contributed by atoms with E-state index in [1.54, 1.807) is 18.2 Å². The quantitative estimate of drug-likeness (QED) is 0.651. The minimum Gasteiger partial charge on any atom is -0.504 e. The van der Waals surface area contributed by atoms with E-state index in [9.17, 15) is 5.11 Å². The van der Waals surface area contributed by atoms with Crippen LogP contribution in [0.3, 0.4) is 0 Å². The van der Waals surface area contributed by atoms with Crippen molar-refractivity contribution < 1.29 is 9.84 Å². The molecule has 0 fully saturated rings. The lowest BCUT2D eigenvalue weighted by molar-refractivity contribution is 0.395. The van der Waals surface area contributed by atoms with Crippen molar-refractivity contribution in [3.05, 3.63) is 53.6 Å². The number of ether oxygens (including phenoxy) is 1. The first kappa shape index (κ1) is 18.4. The number of hydrogen-bond donors (Lipinski definition) is 1. The molecule has 1 N–H and O–H groups in total. The first-order valence-electron chi connectivity index (χ1n) is 8.82. The SMILES string of the molecule is CCC(C)(C)c1ccc(C(C)(C)CC)c(Oc2ccccc2O)c1. The van der Waals surface area contributed by atoms with Crippen molar-refractivity contribution in [3.8, 4) is 17.2 Å². The van der Waals surface area contributed by atoms with Crippen molar-refractivity contribution in [2.75, 3.05) is 0 Å². The first-order valence-corrected chi connectivity index (χ1v) is 8.82. The second kappa shape index (κ2) is 6.88. The summed E-state index contributed by atoms with van der Waals surface area (Å²) in [5.41, 5.74) is 2.52. The van der Waals surface area contributed by atoms with Gasteiger partial charge in [-0.2, -0.15) is 0 Å². The van der Waals surface area contributed by atoms with Gasteiger partial charge in [0.2, 0.25) is 0 Å². The Labute approximate surface area is 146 Å². The van der Waals surface area contributed by atoms with E-state index in [0.29, 0.717) is 5.75 Å². The third-order valence-corrected chi connectivity index (χ3v) is 5.35. The number of aromatic hydroxyl groups is 1. The Morgan fingerprint density at radius 3 is 2.04 bits per heavy atom. The van der Waals surface area contributed by atoms with Gasteiger partial charge in [0, 0.05) is 5.56 Å². The van der Waals surface area contributed by atoms with Gasteiger partial charge in [0.15, 0.2) is 11.5 Å². The monoisotopic (exact) mass is 326 g/mol. The van der Waals surface area contributed by atoms with Crippen LogP contribution in [-0.4, -0.2) is 5.11 Å². The zero-order chi connectivity index (χ0) is 18.0. The number of phenols is 1. The largest absolute Gasteiger partial charge is 0.504 e. The lowest BCUT2D eigenvalue weighted by Gasteiger charge is -2.29. The summed E-state index contributed by atoms with van der Waals surface area (Å²) in [7, 11) is 0. The van der Waals surface area contributed by atoms with Gasteiger partial charge < -0.3 is 9.84 Å². The molecule has 0 atom stereocenters. The summed E-state index contributed by atoms with van der Waals surface area (Å²) in [6.07, 6.45) is 2.07. The van der Waals surface area contributed by atoms with Gasteiger partial charge in [0.05, 0.1) is 0 Å². The Hall–Kier alpha value is -1.96. The van der Waals surface area contributed by atoms with E-state index in [2.05, 4.69) is 59.7 Å². The molecule has 2 heteroatoms. The summed E-state index contributed by atoms with van der Waals surface area (Å²) < 4.78 is 6.16. The Morgan fingerprint density at radius 2 is 1.46 bits per heavy atom. The lowest BCUT2D eigenvalue weighted by atomic mass is 9.77.